The van der Waals surface area contributed by atoms with Gasteiger partial charge in [-0.3, -0.25) is 9.36 Å². The van der Waals surface area contributed by atoms with Crippen molar-refractivity contribution in [2.24, 2.45) is 0 Å². The van der Waals surface area contributed by atoms with Crippen LogP contribution in [0.1, 0.15) is 36.3 Å². The maximum Gasteiger partial charge on any atom is 0.266 e. The number of aromatic nitrogens is 4. The van der Waals surface area contributed by atoms with E-state index in [0.717, 1.165) is 22.3 Å². The van der Waals surface area contributed by atoms with Crippen LogP contribution in [0.3, 0.4) is 0 Å². The average Bonchev–Trinajstić information content (AvgIpc) is 2.77. The Morgan fingerprint density at radius 1 is 1.15 bits per heavy atom. The Bertz CT molecular complexity index is 1510. The van der Waals surface area contributed by atoms with Gasteiger partial charge in [-0.2, -0.15) is 15.2 Å². The molecule has 34 heavy (non-hydrogen) atoms. The van der Waals surface area contributed by atoms with Crippen LogP contribution in [0.2, 0.25) is 0 Å². The summed E-state index contributed by atoms with van der Waals surface area (Å²) >= 11 is 0. The van der Waals surface area contributed by atoms with Gasteiger partial charge in [0.25, 0.3) is 5.56 Å². The van der Waals surface area contributed by atoms with Crippen molar-refractivity contribution in [3.63, 3.8) is 0 Å². The zero-order chi connectivity index (χ0) is 24.6. The van der Waals surface area contributed by atoms with E-state index in [1.165, 1.54) is 0 Å². The number of anilines is 3. The SMILES string of the molecule is CCC(Nc1nc(N)nc(N)c1C#N)c1nc2c(C)cccc2c(=O)n1-c1cc(F)cc(F)c1. The molecule has 2 aromatic heterocycles. The molecule has 0 amide bonds. The van der Waals surface area contributed by atoms with Crippen LogP contribution in [0.15, 0.2) is 41.2 Å². The van der Waals surface area contributed by atoms with Gasteiger partial charge < -0.3 is 16.8 Å². The van der Waals surface area contributed by atoms with E-state index in [2.05, 4.69) is 15.3 Å². The number of fused-ring (bicyclic) bond motifs is 1. The fourth-order valence-corrected chi connectivity index (χ4v) is 3.75. The maximum absolute atomic E-state index is 14.1. The van der Waals surface area contributed by atoms with Crippen LogP contribution in [-0.4, -0.2) is 19.5 Å². The van der Waals surface area contributed by atoms with E-state index in [1.807, 2.05) is 13.0 Å². The summed E-state index contributed by atoms with van der Waals surface area (Å²) in [5.41, 5.74) is 12.1. The molecular formula is C23H20F2N8O. The lowest BCUT2D eigenvalue weighted by molar-refractivity contribution is 0.578. The monoisotopic (exact) mass is 462 g/mol. The van der Waals surface area contributed by atoms with Crippen molar-refractivity contribution in [2.45, 2.75) is 26.3 Å². The molecule has 0 saturated carbocycles. The lowest BCUT2D eigenvalue weighted by Crippen LogP contribution is -2.29. The number of para-hydroxylation sites is 1. The second kappa shape index (κ2) is 8.74. The lowest BCUT2D eigenvalue weighted by Gasteiger charge is -2.23. The van der Waals surface area contributed by atoms with Crippen LogP contribution >= 0.6 is 0 Å². The summed E-state index contributed by atoms with van der Waals surface area (Å²) < 4.78 is 29.3. The average molecular weight is 462 g/mol. The molecule has 4 aromatic rings. The molecule has 0 radical (unpaired) electrons. The third-order valence-corrected chi connectivity index (χ3v) is 5.33. The first-order valence-corrected chi connectivity index (χ1v) is 10.3. The number of benzene rings is 2. The van der Waals surface area contributed by atoms with E-state index < -0.39 is 23.2 Å². The summed E-state index contributed by atoms with van der Waals surface area (Å²) in [5.74, 6) is -1.74. The summed E-state index contributed by atoms with van der Waals surface area (Å²) in [5, 5.41) is 12.9. The van der Waals surface area contributed by atoms with E-state index in [4.69, 9.17) is 16.5 Å². The molecule has 9 nitrogen and oxygen atoms in total. The minimum absolute atomic E-state index is 0.0316. The number of halogens is 2. The second-order valence-electron chi connectivity index (χ2n) is 7.62. The van der Waals surface area contributed by atoms with Crippen LogP contribution in [0.4, 0.5) is 26.4 Å². The van der Waals surface area contributed by atoms with Crippen LogP contribution in [0.5, 0.6) is 0 Å². The molecule has 0 aliphatic rings. The van der Waals surface area contributed by atoms with Crippen LogP contribution < -0.4 is 22.3 Å². The topological polar surface area (TPSA) is 149 Å². The molecule has 0 aliphatic carbocycles. The summed E-state index contributed by atoms with van der Waals surface area (Å²) in [6.07, 6.45) is 0.357. The zero-order valence-electron chi connectivity index (χ0n) is 18.3. The molecule has 172 valence electrons. The fourth-order valence-electron chi connectivity index (χ4n) is 3.75. The van der Waals surface area contributed by atoms with Crippen molar-refractivity contribution in [3.8, 4) is 11.8 Å². The highest BCUT2D eigenvalue weighted by atomic mass is 19.1. The lowest BCUT2D eigenvalue weighted by atomic mass is 10.1. The van der Waals surface area contributed by atoms with E-state index >= 15 is 0 Å². The molecule has 1 atom stereocenters. The van der Waals surface area contributed by atoms with E-state index in [1.54, 1.807) is 25.1 Å². The van der Waals surface area contributed by atoms with Gasteiger partial charge in [-0.25, -0.2) is 13.8 Å². The molecule has 2 aromatic carbocycles. The quantitative estimate of drug-likeness (QED) is 0.409. The summed E-state index contributed by atoms with van der Waals surface area (Å²) in [6.45, 7) is 3.61. The van der Waals surface area contributed by atoms with Gasteiger partial charge in [0, 0.05) is 6.07 Å². The Hall–Kier alpha value is -4.59. The standard InChI is InChI=1S/C23H20F2N8O/c1-3-17(29-20-16(10-26)19(27)31-23(28)32-20)21-30-18-11(2)5-4-6-15(18)22(34)33(21)14-8-12(24)7-13(25)9-14/h4-9,17H,3H2,1-2H3,(H5,27,28,29,31,32). The zero-order valence-corrected chi connectivity index (χ0v) is 18.3. The Morgan fingerprint density at radius 2 is 1.85 bits per heavy atom. The first-order chi connectivity index (χ1) is 16.2. The molecule has 0 bridgehead atoms. The number of nitriles is 1. The molecule has 1 unspecified atom stereocenters. The fraction of sp³-hybridized carbons (Fsp3) is 0.174. The molecule has 4 rings (SSSR count). The molecule has 0 fully saturated rings. The molecule has 0 spiro atoms. The number of aryl methyl sites for hydroxylation is 1. The number of nitrogens with one attached hydrogen (secondary N) is 1. The van der Waals surface area contributed by atoms with Gasteiger partial charge in [-0.15, -0.1) is 0 Å². The van der Waals surface area contributed by atoms with Gasteiger partial charge in [0.15, 0.2) is 5.82 Å². The normalized spacial score (nSPS) is 11.9. The van der Waals surface area contributed by atoms with E-state index in [0.29, 0.717) is 18.0 Å². The minimum atomic E-state index is -0.846. The van der Waals surface area contributed by atoms with Crippen molar-refractivity contribution in [1.82, 2.24) is 19.5 Å². The Kier molecular flexibility index (Phi) is 5.81. The molecule has 11 heteroatoms. The Morgan fingerprint density at radius 3 is 2.50 bits per heavy atom. The smallest absolute Gasteiger partial charge is 0.266 e. The third kappa shape index (κ3) is 3.97. The van der Waals surface area contributed by atoms with Gasteiger partial charge in [0.2, 0.25) is 5.95 Å². The summed E-state index contributed by atoms with van der Waals surface area (Å²) in [4.78, 5) is 26.1. The minimum Gasteiger partial charge on any atom is -0.382 e. The molecule has 0 saturated heterocycles. The summed E-state index contributed by atoms with van der Waals surface area (Å²) in [6, 6.07) is 9.13. The van der Waals surface area contributed by atoms with Crippen molar-refractivity contribution in [1.29, 1.82) is 5.26 Å². The number of hydrogen-bond donors (Lipinski definition) is 3. The van der Waals surface area contributed by atoms with Gasteiger partial charge in [-0.1, -0.05) is 19.1 Å². The van der Waals surface area contributed by atoms with E-state index in [9.17, 15) is 18.8 Å². The van der Waals surface area contributed by atoms with Crippen molar-refractivity contribution in [3.05, 3.63) is 75.3 Å². The third-order valence-electron chi connectivity index (χ3n) is 5.33. The van der Waals surface area contributed by atoms with Gasteiger partial charge in [0.1, 0.15) is 34.9 Å². The first kappa shape index (κ1) is 22.6. The van der Waals surface area contributed by atoms with Crippen molar-refractivity contribution in [2.75, 3.05) is 16.8 Å². The number of nitrogens with two attached hydrogens (primary N) is 2. The highest BCUT2D eigenvalue weighted by Crippen LogP contribution is 2.28. The Labute approximate surface area is 192 Å². The summed E-state index contributed by atoms with van der Waals surface area (Å²) in [7, 11) is 0. The van der Waals surface area contributed by atoms with Gasteiger partial charge in [-0.05, 0) is 37.1 Å². The predicted molar refractivity (Wildman–Crippen MR) is 124 cm³/mol. The Balaban J connectivity index is 2.01. The van der Waals surface area contributed by atoms with Crippen LogP contribution in [0, 0.1) is 29.9 Å². The van der Waals surface area contributed by atoms with Crippen molar-refractivity contribution >= 4 is 28.5 Å². The number of hydrogen-bond acceptors (Lipinski definition) is 8. The van der Waals surface area contributed by atoms with Gasteiger partial charge >= 0.3 is 0 Å². The number of nitrogens with zero attached hydrogens (tertiary/aromatic N) is 5. The molecule has 0 aliphatic heterocycles. The highest BCUT2D eigenvalue weighted by molar-refractivity contribution is 5.81. The number of nitrogen functional groups attached to an aromatic ring is 2. The largest absolute Gasteiger partial charge is 0.382 e. The predicted octanol–water partition coefficient (Wildman–Crippen LogP) is 3.36. The second-order valence-corrected chi connectivity index (χ2v) is 7.62. The van der Waals surface area contributed by atoms with E-state index in [-0.39, 0.29) is 40.0 Å². The van der Waals surface area contributed by atoms with Crippen molar-refractivity contribution < 1.29 is 8.78 Å². The first-order valence-electron chi connectivity index (χ1n) is 10.3. The highest BCUT2D eigenvalue weighted by Gasteiger charge is 2.24. The maximum atomic E-state index is 14.1. The van der Waals surface area contributed by atoms with Gasteiger partial charge in [0.05, 0.1) is 22.6 Å². The van der Waals surface area contributed by atoms with Crippen LogP contribution in [-0.2, 0) is 0 Å². The molecule has 5 N–H and O–H groups in total. The molecule has 2 heterocycles. The number of rotatable bonds is 5. The molecular weight excluding hydrogens is 442 g/mol. The van der Waals surface area contributed by atoms with Crippen LogP contribution in [0.25, 0.3) is 16.6 Å².